The molecule has 5 heteroatoms. The van der Waals surface area contributed by atoms with Gasteiger partial charge in [0.1, 0.15) is 0 Å². The maximum Gasteiger partial charge on any atom is 0.274 e. The van der Waals surface area contributed by atoms with Crippen molar-refractivity contribution in [3.05, 3.63) is 38.9 Å². The van der Waals surface area contributed by atoms with Crippen molar-refractivity contribution in [1.29, 1.82) is 0 Å². The molecule has 0 heterocycles. The fourth-order valence-corrected chi connectivity index (χ4v) is 1.94. The summed E-state index contributed by atoms with van der Waals surface area (Å²) in [5.41, 5.74) is 0.270. The van der Waals surface area contributed by atoms with Gasteiger partial charge in [-0.15, -0.1) is 0 Å². The minimum Gasteiger partial charge on any atom is -0.393 e. The molecular formula is C13H18ClNO3. The van der Waals surface area contributed by atoms with Crippen LogP contribution in [0.2, 0.25) is 5.02 Å². The predicted octanol–water partition coefficient (Wildman–Crippen LogP) is 3.59. The third-order valence-corrected chi connectivity index (χ3v) is 3.31. The van der Waals surface area contributed by atoms with Crippen molar-refractivity contribution in [2.75, 3.05) is 0 Å². The molecule has 0 radical (unpaired) electrons. The number of aliphatic hydroxyl groups excluding tert-OH is 1. The Bertz CT molecular complexity index is 440. The highest BCUT2D eigenvalue weighted by atomic mass is 35.5. The number of hydrogen-bond acceptors (Lipinski definition) is 3. The third kappa shape index (κ3) is 3.68. The maximum atomic E-state index is 10.9. The smallest absolute Gasteiger partial charge is 0.274 e. The van der Waals surface area contributed by atoms with E-state index in [1.54, 1.807) is 12.1 Å². The van der Waals surface area contributed by atoms with Crippen LogP contribution in [0.3, 0.4) is 0 Å². The van der Waals surface area contributed by atoms with Crippen LogP contribution >= 0.6 is 11.6 Å². The lowest BCUT2D eigenvalue weighted by atomic mass is 9.85. The van der Waals surface area contributed by atoms with Crippen LogP contribution < -0.4 is 0 Å². The molecule has 18 heavy (non-hydrogen) atoms. The van der Waals surface area contributed by atoms with Gasteiger partial charge in [-0.3, -0.25) is 10.1 Å². The monoisotopic (exact) mass is 271 g/mol. The number of nitro groups is 1. The zero-order valence-corrected chi connectivity index (χ0v) is 11.6. The van der Waals surface area contributed by atoms with Gasteiger partial charge in [0.15, 0.2) is 0 Å². The van der Waals surface area contributed by atoms with E-state index in [1.807, 2.05) is 20.8 Å². The van der Waals surface area contributed by atoms with Gasteiger partial charge in [0.25, 0.3) is 5.69 Å². The van der Waals surface area contributed by atoms with E-state index >= 15 is 0 Å². The molecule has 100 valence electrons. The van der Waals surface area contributed by atoms with Gasteiger partial charge in [-0.25, -0.2) is 0 Å². The van der Waals surface area contributed by atoms with Crippen LogP contribution in [0.1, 0.15) is 32.8 Å². The van der Waals surface area contributed by atoms with Crippen LogP contribution in [0, 0.1) is 15.5 Å². The lowest BCUT2D eigenvalue weighted by Crippen LogP contribution is -2.26. The molecule has 0 aliphatic rings. The molecule has 0 aromatic heterocycles. The molecule has 0 amide bonds. The Morgan fingerprint density at radius 2 is 2.06 bits per heavy atom. The summed E-state index contributed by atoms with van der Waals surface area (Å²) in [5.74, 6) is 0. The van der Waals surface area contributed by atoms with Crippen LogP contribution in [0.15, 0.2) is 18.2 Å². The average molecular weight is 272 g/mol. The zero-order chi connectivity index (χ0) is 13.9. The number of nitrogens with zero attached hydrogens (tertiary/aromatic N) is 1. The predicted molar refractivity (Wildman–Crippen MR) is 71.9 cm³/mol. The summed E-state index contributed by atoms with van der Waals surface area (Å²) >= 11 is 5.99. The Balaban J connectivity index is 2.88. The van der Waals surface area contributed by atoms with Crippen molar-refractivity contribution in [2.45, 2.75) is 39.7 Å². The van der Waals surface area contributed by atoms with E-state index in [4.69, 9.17) is 11.6 Å². The van der Waals surface area contributed by atoms with Gasteiger partial charge in [-0.2, -0.15) is 0 Å². The van der Waals surface area contributed by atoms with E-state index in [2.05, 4.69) is 0 Å². The highest BCUT2D eigenvalue weighted by molar-refractivity contribution is 6.31. The van der Waals surface area contributed by atoms with Crippen molar-refractivity contribution in [3.63, 3.8) is 0 Å². The summed E-state index contributed by atoms with van der Waals surface area (Å²) < 4.78 is 0. The van der Waals surface area contributed by atoms with Gasteiger partial charge in [0, 0.05) is 11.6 Å². The van der Waals surface area contributed by atoms with E-state index in [0.29, 0.717) is 23.4 Å². The zero-order valence-electron chi connectivity index (χ0n) is 10.8. The molecule has 1 atom stereocenters. The summed E-state index contributed by atoms with van der Waals surface area (Å²) in [6.45, 7) is 5.79. The van der Waals surface area contributed by atoms with Crippen LogP contribution in [-0.4, -0.2) is 16.1 Å². The van der Waals surface area contributed by atoms with Gasteiger partial charge in [-0.05, 0) is 24.3 Å². The van der Waals surface area contributed by atoms with Gasteiger partial charge in [0.2, 0.25) is 0 Å². The van der Waals surface area contributed by atoms with Crippen LogP contribution in [-0.2, 0) is 6.42 Å². The number of aliphatic hydroxyl groups is 1. The molecule has 1 N–H and O–H groups in total. The molecule has 0 fully saturated rings. The molecule has 1 aromatic rings. The lowest BCUT2D eigenvalue weighted by Gasteiger charge is -2.25. The fourth-order valence-electron chi connectivity index (χ4n) is 1.68. The van der Waals surface area contributed by atoms with Crippen LogP contribution in [0.4, 0.5) is 5.69 Å². The van der Waals surface area contributed by atoms with E-state index < -0.39 is 11.0 Å². The summed E-state index contributed by atoms with van der Waals surface area (Å²) in [6.07, 6.45) is 0.330. The molecule has 0 aliphatic carbocycles. The number of nitro benzene ring substituents is 1. The topological polar surface area (TPSA) is 63.4 Å². The van der Waals surface area contributed by atoms with Crippen molar-refractivity contribution < 1.29 is 10.0 Å². The molecule has 0 aliphatic heterocycles. The van der Waals surface area contributed by atoms with Gasteiger partial charge in [-0.1, -0.05) is 38.4 Å². The summed E-state index contributed by atoms with van der Waals surface area (Å²) in [5, 5.41) is 21.2. The second-order valence-electron chi connectivity index (χ2n) is 5.42. The summed E-state index contributed by atoms with van der Waals surface area (Å²) in [6, 6.07) is 4.63. The molecule has 0 saturated carbocycles. The van der Waals surface area contributed by atoms with E-state index in [0.717, 1.165) is 0 Å². The highest BCUT2D eigenvalue weighted by Gasteiger charge is 2.24. The molecule has 0 spiro atoms. The molecule has 1 rings (SSSR count). The average Bonchev–Trinajstić information content (AvgIpc) is 2.25. The fraction of sp³-hybridized carbons (Fsp3) is 0.538. The largest absolute Gasteiger partial charge is 0.393 e. The highest BCUT2D eigenvalue weighted by Crippen LogP contribution is 2.30. The summed E-state index contributed by atoms with van der Waals surface area (Å²) in [7, 11) is 0. The van der Waals surface area contributed by atoms with Crippen molar-refractivity contribution in [1.82, 2.24) is 0 Å². The second-order valence-corrected chi connectivity index (χ2v) is 5.82. The molecule has 0 saturated heterocycles. The third-order valence-electron chi connectivity index (χ3n) is 2.96. The van der Waals surface area contributed by atoms with E-state index in [-0.39, 0.29) is 11.1 Å². The van der Waals surface area contributed by atoms with Crippen LogP contribution in [0.5, 0.6) is 0 Å². The first-order chi connectivity index (χ1) is 8.23. The lowest BCUT2D eigenvalue weighted by molar-refractivity contribution is -0.385. The standard InChI is InChI=1S/C13H18ClNO3/c1-13(2,3)12(16)8-7-9-10(14)5-4-6-11(9)15(17)18/h4-6,12,16H,7-8H2,1-3H3. The second kappa shape index (κ2) is 5.67. The van der Waals surface area contributed by atoms with Crippen molar-refractivity contribution in [3.8, 4) is 0 Å². The van der Waals surface area contributed by atoms with E-state index in [9.17, 15) is 15.2 Å². The normalized spacial score (nSPS) is 13.4. The first kappa shape index (κ1) is 14.9. The minimum absolute atomic E-state index is 0.0172. The molecular weight excluding hydrogens is 254 g/mol. The van der Waals surface area contributed by atoms with Gasteiger partial charge < -0.3 is 5.11 Å². The Hall–Kier alpha value is -1.13. The Kier molecular flexibility index (Phi) is 4.71. The minimum atomic E-state index is -0.520. The Morgan fingerprint density at radius 3 is 2.56 bits per heavy atom. The quantitative estimate of drug-likeness (QED) is 0.672. The Labute approximate surface area is 112 Å². The molecule has 1 unspecified atom stereocenters. The number of halogens is 1. The maximum absolute atomic E-state index is 10.9. The first-order valence-electron chi connectivity index (χ1n) is 5.83. The molecule has 1 aromatic carbocycles. The number of benzene rings is 1. The molecule has 0 bridgehead atoms. The number of rotatable bonds is 4. The number of hydrogen-bond donors (Lipinski definition) is 1. The van der Waals surface area contributed by atoms with Gasteiger partial charge in [0.05, 0.1) is 16.0 Å². The SMILES string of the molecule is CC(C)(C)C(O)CCc1c(Cl)cccc1[N+](=O)[O-]. The van der Waals surface area contributed by atoms with Crippen molar-refractivity contribution in [2.24, 2.45) is 5.41 Å². The van der Waals surface area contributed by atoms with Gasteiger partial charge >= 0.3 is 0 Å². The molecule has 4 nitrogen and oxygen atoms in total. The first-order valence-corrected chi connectivity index (χ1v) is 6.21. The Morgan fingerprint density at radius 1 is 1.44 bits per heavy atom. The van der Waals surface area contributed by atoms with Crippen molar-refractivity contribution >= 4 is 17.3 Å². The van der Waals surface area contributed by atoms with Crippen LogP contribution in [0.25, 0.3) is 0 Å². The van der Waals surface area contributed by atoms with E-state index in [1.165, 1.54) is 6.07 Å². The summed E-state index contributed by atoms with van der Waals surface area (Å²) in [4.78, 5) is 10.5.